The molecule has 0 aromatic rings. The molecule has 0 amide bonds. The molecule has 0 aliphatic carbocycles. The van der Waals surface area contributed by atoms with Crippen LogP contribution >= 0.6 is 7.82 Å². The highest BCUT2D eigenvalue weighted by Crippen LogP contribution is 2.43. The van der Waals surface area contributed by atoms with E-state index in [4.69, 9.17) is 19.1 Å². The van der Waals surface area contributed by atoms with Crippen LogP contribution in [0.4, 0.5) is 0 Å². The molecule has 0 aromatic carbocycles. The van der Waals surface area contributed by atoms with E-state index in [-0.39, 0.29) is 19.4 Å². The van der Waals surface area contributed by atoms with Gasteiger partial charge in [-0.15, -0.1) is 0 Å². The number of aliphatic hydroxyl groups excluding tert-OH is 2. The van der Waals surface area contributed by atoms with Crippen molar-refractivity contribution in [3.8, 4) is 0 Å². The maximum absolute atomic E-state index is 12.6. The zero-order valence-corrected chi connectivity index (χ0v) is 36.7. The van der Waals surface area contributed by atoms with Gasteiger partial charge in [0, 0.05) is 12.8 Å². The van der Waals surface area contributed by atoms with Gasteiger partial charge in [0.15, 0.2) is 6.10 Å². The molecule has 57 heavy (non-hydrogen) atoms. The summed E-state index contributed by atoms with van der Waals surface area (Å²) in [6, 6.07) is 0. The number of rotatable bonds is 41. The number of allylic oxidation sites excluding steroid dienone is 10. The highest BCUT2D eigenvalue weighted by Gasteiger charge is 2.27. The third-order valence-corrected chi connectivity index (χ3v) is 10.1. The van der Waals surface area contributed by atoms with Crippen molar-refractivity contribution in [2.24, 2.45) is 0 Å². The minimum atomic E-state index is -4.64. The lowest BCUT2D eigenvalue weighted by molar-refractivity contribution is -0.161. The first-order chi connectivity index (χ1) is 27.7. The summed E-state index contributed by atoms with van der Waals surface area (Å²) >= 11 is 0. The van der Waals surface area contributed by atoms with Crippen molar-refractivity contribution in [3.63, 3.8) is 0 Å². The summed E-state index contributed by atoms with van der Waals surface area (Å²) in [6.45, 7) is 2.27. The van der Waals surface area contributed by atoms with E-state index in [1.807, 2.05) is 6.08 Å². The van der Waals surface area contributed by atoms with Crippen molar-refractivity contribution in [3.05, 3.63) is 60.8 Å². The van der Waals surface area contributed by atoms with Crippen molar-refractivity contribution in [1.29, 1.82) is 0 Å². The summed E-state index contributed by atoms with van der Waals surface area (Å²) < 4.78 is 32.7. The number of esters is 2. The largest absolute Gasteiger partial charge is 0.472 e. The third kappa shape index (κ3) is 41.6. The molecule has 1 unspecified atom stereocenters. The Hall–Kier alpha value is -2.33. The van der Waals surface area contributed by atoms with Crippen LogP contribution in [0.5, 0.6) is 0 Å². The Morgan fingerprint density at radius 1 is 0.526 bits per heavy atom. The number of carbonyl (C=O) groups is 2. The molecule has 0 spiro atoms. The molecule has 0 heterocycles. The zero-order chi connectivity index (χ0) is 41.9. The van der Waals surface area contributed by atoms with E-state index in [1.54, 1.807) is 0 Å². The van der Waals surface area contributed by atoms with E-state index in [0.29, 0.717) is 12.8 Å². The highest BCUT2D eigenvalue weighted by atomic mass is 31.2. The van der Waals surface area contributed by atoms with Gasteiger partial charge in [0.05, 0.1) is 19.8 Å². The molecule has 0 radical (unpaired) electrons. The number of ether oxygens (including phenoxy) is 2. The molecule has 0 aliphatic heterocycles. The molecule has 0 saturated heterocycles. The Morgan fingerprint density at radius 3 is 1.46 bits per heavy atom. The van der Waals surface area contributed by atoms with Gasteiger partial charge in [0.2, 0.25) is 0 Å². The Bertz CT molecular complexity index is 1130. The van der Waals surface area contributed by atoms with E-state index in [9.17, 15) is 24.2 Å². The van der Waals surface area contributed by atoms with Crippen LogP contribution in [0.2, 0.25) is 0 Å². The lowest BCUT2D eigenvalue weighted by Gasteiger charge is -2.20. The van der Waals surface area contributed by atoms with Gasteiger partial charge < -0.3 is 24.6 Å². The molecular formula is C46H81O10P. The Balaban J connectivity index is 4.40. The van der Waals surface area contributed by atoms with E-state index < -0.39 is 51.8 Å². The average molecular weight is 825 g/mol. The topological polar surface area (TPSA) is 149 Å². The number of hydrogen-bond acceptors (Lipinski definition) is 9. The third-order valence-electron chi connectivity index (χ3n) is 9.14. The fraction of sp³-hybridized carbons (Fsp3) is 0.739. The summed E-state index contributed by atoms with van der Waals surface area (Å²) in [6.07, 6.45) is 46.2. The molecule has 0 bridgehead atoms. The van der Waals surface area contributed by atoms with Gasteiger partial charge in [-0.2, -0.15) is 0 Å². The molecule has 0 rings (SSSR count). The molecule has 0 aliphatic rings. The number of phosphoric ester groups is 1. The van der Waals surface area contributed by atoms with Gasteiger partial charge in [0.25, 0.3) is 0 Å². The molecule has 11 heteroatoms. The first kappa shape index (κ1) is 54.7. The molecule has 10 nitrogen and oxygen atoms in total. The number of phosphoric acid groups is 1. The Labute approximate surface area is 346 Å². The van der Waals surface area contributed by atoms with Gasteiger partial charge in [-0.3, -0.25) is 18.6 Å². The maximum Gasteiger partial charge on any atom is 0.472 e. The van der Waals surface area contributed by atoms with Crippen LogP contribution in [0.1, 0.15) is 181 Å². The van der Waals surface area contributed by atoms with Gasteiger partial charge in [0.1, 0.15) is 12.7 Å². The van der Waals surface area contributed by atoms with E-state index in [2.05, 4.69) is 73.1 Å². The molecular weight excluding hydrogens is 743 g/mol. The molecule has 0 saturated carbocycles. The number of hydrogen-bond donors (Lipinski definition) is 3. The van der Waals surface area contributed by atoms with Crippen LogP contribution < -0.4 is 0 Å². The van der Waals surface area contributed by atoms with Crippen LogP contribution in [0.3, 0.4) is 0 Å². The van der Waals surface area contributed by atoms with Crippen molar-refractivity contribution < 1.29 is 47.8 Å². The van der Waals surface area contributed by atoms with E-state index >= 15 is 0 Å². The molecule has 0 fully saturated rings. The second kappa shape index (κ2) is 41.8. The van der Waals surface area contributed by atoms with Gasteiger partial charge in [-0.05, 0) is 77.0 Å². The SMILES string of the molecule is CCCCC/C=C/C/C=C/C/C=C/CCCCCCC(=O)O[C@H](COC(=O)CCC/C=C/C/C=C/CCCCCCCCCCC)COP(=O)(O)OC[C@@H](O)CO. The lowest BCUT2D eigenvalue weighted by Crippen LogP contribution is -2.29. The first-order valence-corrected chi connectivity index (χ1v) is 23.7. The van der Waals surface area contributed by atoms with Crippen molar-refractivity contribution >= 4 is 19.8 Å². The summed E-state index contributed by atoms with van der Waals surface area (Å²) in [5, 5.41) is 18.3. The van der Waals surface area contributed by atoms with Crippen molar-refractivity contribution in [2.75, 3.05) is 26.4 Å². The number of carbonyl (C=O) groups excluding carboxylic acids is 2. The van der Waals surface area contributed by atoms with E-state index in [0.717, 1.165) is 64.2 Å². The van der Waals surface area contributed by atoms with Gasteiger partial charge >= 0.3 is 19.8 Å². The average Bonchev–Trinajstić information content (AvgIpc) is 3.20. The van der Waals surface area contributed by atoms with Crippen molar-refractivity contribution in [2.45, 2.75) is 193 Å². The zero-order valence-electron chi connectivity index (χ0n) is 35.8. The maximum atomic E-state index is 12.6. The molecule has 3 atom stereocenters. The van der Waals surface area contributed by atoms with Crippen LogP contribution in [0.15, 0.2) is 60.8 Å². The Morgan fingerprint density at radius 2 is 0.930 bits per heavy atom. The quantitative estimate of drug-likeness (QED) is 0.0235. The summed E-state index contributed by atoms with van der Waals surface area (Å²) in [4.78, 5) is 35.0. The predicted molar refractivity (Wildman–Crippen MR) is 233 cm³/mol. The molecule has 330 valence electrons. The molecule has 0 aromatic heterocycles. The van der Waals surface area contributed by atoms with Crippen molar-refractivity contribution in [1.82, 2.24) is 0 Å². The monoisotopic (exact) mass is 825 g/mol. The first-order valence-electron chi connectivity index (χ1n) is 22.2. The van der Waals surface area contributed by atoms with E-state index in [1.165, 1.54) is 77.0 Å². The second-order valence-electron chi connectivity index (χ2n) is 14.7. The Kier molecular flexibility index (Phi) is 40.1. The van der Waals surface area contributed by atoms with Crippen LogP contribution in [-0.4, -0.2) is 65.7 Å². The summed E-state index contributed by atoms with van der Waals surface area (Å²) in [5.41, 5.74) is 0. The highest BCUT2D eigenvalue weighted by molar-refractivity contribution is 7.47. The summed E-state index contributed by atoms with van der Waals surface area (Å²) in [5.74, 6) is -1.01. The normalized spacial score (nSPS) is 14.4. The number of unbranched alkanes of at least 4 members (excludes halogenated alkanes) is 17. The minimum absolute atomic E-state index is 0.148. The second-order valence-corrected chi connectivity index (χ2v) is 16.2. The fourth-order valence-electron chi connectivity index (χ4n) is 5.69. The standard InChI is InChI=1S/C46H81O10P/c1-3-5-7-9-11-13-15-17-19-21-23-25-27-29-31-33-35-37-45(49)53-41-44(42-55-57(51,52)54-40-43(48)39-47)56-46(50)38-36-34-32-30-28-26-24-22-20-18-16-14-12-10-8-6-4-2/h12,14,18,20,23-26,29,31,43-44,47-48H,3-11,13,15-17,19,21-22,27-28,30,32-42H2,1-2H3,(H,51,52)/b14-12+,20-18+,25-23+,26-24+,31-29+/t43-,44+/m0/s1. The number of aliphatic hydroxyl groups is 2. The predicted octanol–water partition coefficient (Wildman–Crippen LogP) is 11.9. The molecule has 3 N–H and O–H groups in total. The lowest BCUT2D eigenvalue weighted by atomic mass is 10.1. The van der Waals surface area contributed by atoms with Crippen LogP contribution in [0.25, 0.3) is 0 Å². The minimum Gasteiger partial charge on any atom is -0.462 e. The van der Waals surface area contributed by atoms with Crippen LogP contribution in [0, 0.1) is 0 Å². The fourth-order valence-corrected chi connectivity index (χ4v) is 6.48. The van der Waals surface area contributed by atoms with Gasteiger partial charge in [-0.1, -0.05) is 152 Å². The smallest absolute Gasteiger partial charge is 0.462 e. The van der Waals surface area contributed by atoms with Crippen LogP contribution in [-0.2, 0) is 32.7 Å². The van der Waals surface area contributed by atoms with Gasteiger partial charge in [-0.25, -0.2) is 4.57 Å². The summed E-state index contributed by atoms with van der Waals surface area (Å²) in [7, 11) is -4.64.